The van der Waals surface area contributed by atoms with Crippen LogP contribution in [0.4, 0.5) is 10.7 Å². The summed E-state index contributed by atoms with van der Waals surface area (Å²) < 4.78 is 0. The molecule has 0 radical (unpaired) electrons. The zero-order valence-corrected chi connectivity index (χ0v) is 13.2. The van der Waals surface area contributed by atoms with E-state index >= 15 is 0 Å². The van der Waals surface area contributed by atoms with Crippen LogP contribution in [0.15, 0.2) is 0 Å². The fourth-order valence-corrected chi connectivity index (χ4v) is 3.64. The maximum Gasteiger partial charge on any atom is 0.263 e. The van der Waals surface area contributed by atoms with Gasteiger partial charge in [0.05, 0.1) is 5.69 Å². The van der Waals surface area contributed by atoms with Gasteiger partial charge in [0.15, 0.2) is 0 Å². The number of carbonyl (C=O) groups excluding carboxylic acids is 1. The van der Waals surface area contributed by atoms with Gasteiger partial charge in [0.1, 0.15) is 21.5 Å². The first-order valence-electron chi connectivity index (χ1n) is 7.54. The molecule has 1 aliphatic carbocycles. The van der Waals surface area contributed by atoms with E-state index in [1.54, 1.807) is 0 Å². The van der Waals surface area contributed by atoms with Crippen molar-refractivity contribution in [2.45, 2.75) is 51.5 Å². The molecule has 6 heteroatoms. The number of rotatable bonds is 5. The molecule has 0 spiro atoms. The zero-order chi connectivity index (χ0) is 15.2. The smallest absolute Gasteiger partial charge is 0.263 e. The zero-order valence-electron chi connectivity index (χ0n) is 12.4. The number of nitrogens with zero attached hydrogens (tertiary/aromatic N) is 1. The van der Waals surface area contributed by atoms with E-state index in [2.05, 4.69) is 16.7 Å². The molecule has 0 bridgehead atoms. The lowest BCUT2D eigenvalue weighted by atomic mass is 9.95. The molecule has 0 atom stereocenters. The van der Waals surface area contributed by atoms with Gasteiger partial charge in [-0.05, 0) is 19.3 Å². The maximum absolute atomic E-state index is 12.1. The van der Waals surface area contributed by atoms with E-state index < -0.39 is 0 Å². The molecule has 0 aromatic carbocycles. The van der Waals surface area contributed by atoms with Crippen LogP contribution in [0, 0.1) is 11.3 Å². The van der Waals surface area contributed by atoms with Crippen molar-refractivity contribution < 1.29 is 4.79 Å². The van der Waals surface area contributed by atoms with Gasteiger partial charge in [-0.25, -0.2) is 0 Å². The van der Waals surface area contributed by atoms with Crippen molar-refractivity contribution in [2.75, 3.05) is 17.6 Å². The third-order valence-electron chi connectivity index (χ3n) is 3.74. The molecule has 1 aliphatic rings. The molecule has 0 aliphatic heterocycles. The third kappa shape index (κ3) is 3.67. The SMILES string of the molecule is CCCNC(=O)c1sc(NC2CCCCC2)c(C#N)c1N. The minimum absolute atomic E-state index is 0.187. The van der Waals surface area contributed by atoms with Gasteiger partial charge in [0, 0.05) is 12.6 Å². The van der Waals surface area contributed by atoms with E-state index in [0.717, 1.165) is 24.3 Å². The Bertz CT molecular complexity index is 541. The van der Waals surface area contributed by atoms with Crippen molar-refractivity contribution >= 4 is 27.9 Å². The summed E-state index contributed by atoms with van der Waals surface area (Å²) in [7, 11) is 0. The van der Waals surface area contributed by atoms with Crippen molar-refractivity contribution in [1.82, 2.24) is 5.32 Å². The molecule has 114 valence electrons. The lowest BCUT2D eigenvalue weighted by Crippen LogP contribution is -2.23. The molecule has 21 heavy (non-hydrogen) atoms. The van der Waals surface area contributed by atoms with Crippen molar-refractivity contribution in [3.63, 3.8) is 0 Å². The Morgan fingerprint density at radius 1 is 1.43 bits per heavy atom. The summed E-state index contributed by atoms with van der Waals surface area (Å²) in [6, 6.07) is 2.51. The van der Waals surface area contributed by atoms with Gasteiger partial charge in [0.25, 0.3) is 5.91 Å². The molecular formula is C15H22N4OS. The molecular weight excluding hydrogens is 284 g/mol. The third-order valence-corrected chi connectivity index (χ3v) is 4.87. The second-order valence-corrected chi connectivity index (χ2v) is 6.42. The van der Waals surface area contributed by atoms with Crippen molar-refractivity contribution in [2.24, 2.45) is 0 Å². The number of nitrogens with one attached hydrogen (secondary N) is 2. The number of nitrogens with two attached hydrogens (primary N) is 1. The average Bonchev–Trinajstić information content (AvgIpc) is 2.81. The monoisotopic (exact) mass is 306 g/mol. The van der Waals surface area contributed by atoms with Gasteiger partial charge in [-0.15, -0.1) is 11.3 Å². The molecule has 1 aromatic rings. The molecule has 4 N–H and O–H groups in total. The van der Waals surface area contributed by atoms with E-state index in [1.165, 1.54) is 30.6 Å². The predicted octanol–water partition coefficient (Wildman–Crippen LogP) is 3.09. The summed E-state index contributed by atoms with van der Waals surface area (Å²) in [4.78, 5) is 12.5. The maximum atomic E-state index is 12.1. The Morgan fingerprint density at radius 2 is 2.14 bits per heavy atom. The van der Waals surface area contributed by atoms with Crippen LogP contribution in [-0.2, 0) is 0 Å². The highest BCUT2D eigenvalue weighted by Crippen LogP contribution is 2.36. The van der Waals surface area contributed by atoms with Gasteiger partial charge in [-0.1, -0.05) is 26.2 Å². The summed E-state index contributed by atoms with van der Waals surface area (Å²) in [5.74, 6) is -0.187. The van der Waals surface area contributed by atoms with E-state index in [9.17, 15) is 10.1 Å². The van der Waals surface area contributed by atoms with Gasteiger partial charge in [-0.2, -0.15) is 5.26 Å². The largest absolute Gasteiger partial charge is 0.396 e. The lowest BCUT2D eigenvalue weighted by molar-refractivity contribution is 0.0958. The normalized spacial score (nSPS) is 15.4. The van der Waals surface area contributed by atoms with Crippen LogP contribution in [0.3, 0.4) is 0 Å². The first kappa shape index (κ1) is 15.6. The molecule has 2 rings (SSSR count). The van der Waals surface area contributed by atoms with Gasteiger partial charge in [0.2, 0.25) is 0 Å². The highest BCUT2D eigenvalue weighted by atomic mass is 32.1. The van der Waals surface area contributed by atoms with Crippen molar-refractivity contribution in [3.8, 4) is 6.07 Å². The fourth-order valence-electron chi connectivity index (χ4n) is 2.58. The van der Waals surface area contributed by atoms with Gasteiger partial charge in [-0.3, -0.25) is 4.79 Å². The highest BCUT2D eigenvalue weighted by Gasteiger charge is 2.23. The quantitative estimate of drug-likeness (QED) is 0.779. The Labute approximate surface area is 129 Å². The fraction of sp³-hybridized carbons (Fsp3) is 0.600. The van der Waals surface area contributed by atoms with Crippen LogP contribution < -0.4 is 16.4 Å². The Kier molecular flexibility index (Phi) is 5.45. The van der Waals surface area contributed by atoms with Crippen molar-refractivity contribution in [1.29, 1.82) is 5.26 Å². The molecule has 1 amide bonds. The van der Waals surface area contributed by atoms with Crippen molar-refractivity contribution in [3.05, 3.63) is 10.4 Å². The molecule has 1 heterocycles. The van der Waals surface area contributed by atoms with Crippen LogP contribution in [0.25, 0.3) is 0 Å². The molecule has 1 fully saturated rings. The summed E-state index contributed by atoms with van der Waals surface area (Å²) in [5.41, 5.74) is 6.69. The van der Waals surface area contributed by atoms with Crippen LogP contribution in [0.2, 0.25) is 0 Å². The number of thiophene rings is 1. The van der Waals surface area contributed by atoms with Crippen LogP contribution in [-0.4, -0.2) is 18.5 Å². The van der Waals surface area contributed by atoms with Gasteiger partial charge < -0.3 is 16.4 Å². The number of nitrogen functional groups attached to an aromatic ring is 1. The number of amides is 1. The van der Waals surface area contributed by atoms with E-state index in [-0.39, 0.29) is 5.91 Å². The Morgan fingerprint density at radius 3 is 2.76 bits per heavy atom. The van der Waals surface area contributed by atoms with Crippen LogP contribution >= 0.6 is 11.3 Å². The lowest BCUT2D eigenvalue weighted by Gasteiger charge is -2.23. The number of anilines is 2. The second-order valence-electron chi connectivity index (χ2n) is 5.40. The highest BCUT2D eigenvalue weighted by molar-refractivity contribution is 7.18. The molecule has 1 saturated carbocycles. The first-order valence-corrected chi connectivity index (χ1v) is 8.36. The Hall–Kier alpha value is -1.74. The second kappa shape index (κ2) is 7.32. The van der Waals surface area contributed by atoms with Crippen LogP contribution in [0.1, 0.15) is 60.7 Å². The summed E-state index contributed by atoms with van der Waals surface area (Å²) in [6.07, 6.45) is 6.80. The van der Waals surface area contributed by atoms with E-state index in [1.807, 2.05) is 6.92 Å². The number of carbonyl (C=O) groups is 1. The standard InChI is InChI=1S/C15H22N4OS/c1-2-8-18-14(20)13-12(17)11(9-16)15(21-13)19-10-6-4-3-5-7-10/h10,19H,2-8,17H2,1H3,(H,18,20). The first-order chi connectivity index (χ1) is 10.2. The minimum Gasteiger partial charge on any atom is -0.396 e. The molecule has 0 unspecified atom stereocenters. The molecule has 1 aromatic heterocycles. The van der Waals surface area contributed by atoms with E-state index in [4.69, 9.17) is 5.73 Å². The van der Waals surface area contributed by atoms with Crippen LogP contribution in [0.5, 0.6) is 0 Å². The minimum atomic E-state index is -0.187. The summed E-state index contributed by atoms with van der Waals surface area (Å²) in [6.45, 7) is 2.61. The predicted molar refractivity (Wildman–Crippen MR) is 86.6 cm³/mol. The van der Waals surface area contributed by atoms with Gasteiger partial charge >= 0.3 is 0 Å². The Balaban J connectivity index is 2.17. The summed E-state index contributed by atoms with van der Waals surface area (Å²) in [5, 5.41) is 16.3. The molecule has 5 nitrogen and oxygen atoms in total. The number of hydrogen-bond donors (Lipinski definition) is 3. The topological polar surface area (TPSA) is 90.9 Å². The average molecular weight is 306 g/mol. The number of hydrogen-bond acceptors (Lipinski definition) is 5. The number of nitriles is 1. The molecule has 0 saturated heterocycles. The summed E-state index contributed by atoms with van der Waals surface area (Å²) >= 11 is 1.29. The van der Waals surface area contributed by atoms with E-state index in [0.29, 0.717) is 28.7 Å².